The topological polar surface area (TPSA) is 63.6 Å². The average Bonchev–Trinajstić information content (AvgIpc) is 2.52. The highest BCUT2D eigenvalue weighted by atomic mass is 35.5. The van der Waals surface area contributed by atoms with Crippen LogP contribution in [0.5, 0.6) is 5.75 Å². The van der Waals surface area contributed by atoms with Gasteiger partial charge in [0.1, 0.15) is 5.75 Å². The maximum atomic E-state index is 12.0. The minimum Gasteiger partial charge on any atom is -0.494 e. The lowest BCUT2D eigenvalue weighted by Gasteiger charge is -2.07. The van der Waals surface area contributed by atoms with Crippen molar-refractivity contribution in [1.82, 2.24) is 0 Å². The van der Waals surface area contributed by atoms with Crippen molar-refractivity contribution in [3.63, 3.8) is 0 Å². The van der Waals surface area contributed by atoms with Gasteiger partial charge in [-0.2, -0.15) is 0 Å². The number of hydrogen-bond donors (Lipinski definition) is 1. The van der Waals surface area contributed by atoms with E-state index in [2.05, 4.69) is 0 Å². The van der Waals surface area contributed by atoms with Gasteiger partial charge in [-0.3, -0.25) is 4.21 Å². The number of rotatable bonds is 8. The van der Waals surface area contributed by atoms with Crippen LogP contribution in [0.2, 0.25) is 5.02 Å². The predicted octanol–water partition coefficient (Wildman–Crippen LogP) is 3.76. The van der Waals surface area contributed by atoms with E-state index in [0.29, 0.717) is 35.3 Å². The Bertz CT molecular complexity index is 685. The van der Waals surface area contributed by atoms with Gasteiger partial charge in [0.15, 0.2) is 0 Å². The van der Waals surface area contributed by atoms with Crippen LogP contribution in [0.15, 0.2) is 48.5 Å². The molecule has 0 radical (unpaired) electrons. The first-order chi connectivity index (χ1) is 11.0. The van der Waals surface area contributed by atoms with Gasteiger partial charge in [0.05, 0.1) is 12.2 Å². The van der Waals surface area contributed by atoms with Crippen molar-refractivity contribution in [2.45, 2.75) is 12.2 Å². The number of carbonyl (C=O) groups is 1. The first-order valence-corrected chi connectivity index (χ1v) is 8.97. The second-order valence-electron chi connectivity index (χ2n) is 4.95. The Hall–Kier alpha value is -1.85. The number of hydrogen-bond acceptors (Lipinski definition) is 3. The Morgan fingerprint density at radius 1 is 1.17 bits per heavy atom. The number of aromatic carboxylic acids is 1. The van der Waals surface area contributed by atoms with Crippen LogP contribution in [-0.4, -0.2) is 27.6 Å². The quantitative estimate of drug-likeness (QED) is 0.735. The van der Waals surface area contributed by atoms with E-state index in [1.165, 1.54) is 12.1 Å². The molecule has 1 unspecified atom stereocenters. The highest BCUT2D eigenvalue weighted by Gasteiger charge is 2.04. The standard InChI is InChI=1S/C17H17ClO4S/c18-15-4-1-3-13(11-15)12-23(21)10-2-9-22-16-7-5-14(6-8-16)17(19)20/h1,3-8,11H,2,9-10,12H2,(H,19,20). The number of carboxylic acid groups (broad SMARTS) is 1. The van der Waals surface area contributed by atoms with Gasteiger partial charge >= 0.3 is 5.97 Å². The molecule has 0 spiro atoms. The molecule has 0 amide bonds. The molecule has 4 nitrogen and oxygen atoms in total. The SMILES string of the molecule is O=C(O)c1ccc(OCCCS(=O)Cc2cccc(Cl)c2)cc1. The maximum absolute atomic E-state index is 12.0. The molecule has 23 heavy (non-hydrogen) atoms. The van der Waals surface area contributed by atoms with E-state index in [0.717, 1.165) is 5.56 Å². The summed E-state index contributed by atoms with van der Waals surface area (Å²) in [6.07, 6.45) is 0.661. The molecule has 0 aromatic heterocycles. The monoisotopic (exact) mass is 352 g/mol. The van der Waals surface area contributed by atoms with Crippen molar-refractivity contribution in [2.75, 3.05) is 12.4 Å². The molecule has 0 bridgehead atoms. The summed E-state index contributed by atoms with van der Waals surface area (Å²) in [7, 11) is -0.963. The summed E-state index contributed by atoms with van der Waals surface area (Å²) in [6.45, 7) is 0.438. The van der Waals surface area contributed by atoms with E-state index < -0.39 is 16.8 Å². The molecule has 1 N–H and O–H groups in total. The van der Waals surface area contributed by atoms with Gasteiger partial charge in [-0.1, -0.05) is 23.7 Å². The zero-order valence-electron chi connectivity index (χ0n) is 12.4. The van der Waals surface area contributed by atoms with E-state index in [9.17, 15) is 9.00 Å². The molecule has 0 heterocycles. The largest absolute Gasteiger partial charge is 0.494 e. The molecular formula is C17H17ClO4S. The fourth-order valence-electron chi connectivity index (χ4n) is 1.99. The summed E-state index contributed by atoms with van der Waals surface area (Å²) < 4.78 is 17.5. The smallest absolute Gasteiger partial charge is 0.335 e. The number of halogens is 1. The summed E-state index contributed by atoms with van der Waals surface area (Å²) in [5, 5.41) is 9.45. The molecule has 2 rings (SSSR count). The second kappa shape index (κ2) is 8.70. The zero-order valence-corrected chi connectivity index (χ0v) is 14.0. The highest BCUT2D eigenvalue weighted by molar-refractivity contribution is 7.84. The van der Waals surface area contributed by atoms with Gasteiger partial charge in [-0.05, 0) is 48.4 Å². The fourth-order valence-corrected chi connectivity index (χ4v) is 3.34. The van der Waals surface area contributed by atoms with Crippen LogP contribution >= 0.6 is 11.6 Å². The maximum Gasteiger partial charge on any atom is 0.335 e. The summed E-state index contributed by atoms with van der Waals surface area (Å²) in [6, 6.07) is 13.6. The lowest BCUT2D eigenvalue weighted by Crippen LogP contribution is -2.06. The molecular weight excluding hydrogens is 336 g/mol. The zero-order chi connectivity index (χ0) is 16.7. The van der Waals surface area contributed by atoms with Crippen molar-refractivity contribution >= 4 is 28.4 Å². The Balaban J connectivity index is 1.70. The van der Waals surface area contributed by atoms with Crippen LogP contribution in [0.3, 0.4) is 0 Å². The van der Waals surface area contributed by atoms with Crippen LogP contribution in [0, 0.1) is 0 Å². The van der Waals surface area contributed by atoms with Gasteiger partial charge in [0, 0.05) is 27.3 Å². The van der Waals surface area contributed by atoms with E-state index in [1.54, 1.807) is 18.2 Å². The number of benzene rings is 2. The van der Waals surface area contributed by atoms with E-state index in [-0.39, 0.29) is 5.56 Å². The molecule has 0 fully saturated rings. The van der Waals surface area contributed by atoms with E-state index in [1.807, 2.05) is 18.2 Å². The molecule has 0 aliphatic rings. The van der Waals surface area contributed by atoms with Gasteiger partial charge in [0.25, 0.3) is 0 Å². The normalized spacial score (nSPS) is 11.9. The molecule has 2 aromatic carbocycles. The van der Waals surface area contributed by atoms with Crippen LogP contribution in [0.1, 0.15) is 22.3 Å². The average molecular weight is 353 g/mol. The van der Waals surface area contributed by atoms with Crippen LogP contribution in [0.4, 0.5) is 0 Å². The molecule has 1 atom stereocenters. The molecule has 0 saturated heterocycles. The van der Waals surface area contributed by atoms with Gasteiger partial charge in [-0.25, -0.2) is 4.79 Å². The summed E-state index contributed by atoms with van der Waals surface area (Å²) in [4.78, 5) is 10.7. The Labute approximate surface area is 142 Å². The minimum atomic E-state index is -0.965. The summed E-state index contributed by atoms with van der Waals surface area (Å²) in [5.74, 6) is 0.664. The minimum absolute atomic E-state index is 0.222. The summed E-state index contributed by atoms with van der Waals surface area (Å²) >= 11 is 5.90. The highest BCUT2D eigenvalue weighted by Crippen LogP contribution is 2.14. The first-order valence-electron chi connectivity index (χ1n) is 7.10. The Kier molecular flexibility index (Phi) is 6.62. The Morgan fingerprint density at radius 2 is 1.91 bits per heavy atom. The molecule has 0 aliphatic heterocycles. The fraction of sp³-hybridized carbons (Fsp3) is 0.235. The second-order valence-corrected chi connectivity index (χ2v) is 6.96. The molecule has 2 aromatic rings. The van der Waals surface area contributed by atoms with Crippen molar-refractivity contribution < 1.29 is 18.8 Å². The molecule has 122 valence electrons. The van der Waals surface area contributed by atoms with E-state index in [4.69, 9.17) is 21.4 Å². The Morgan fingerprint density at radius 3 is 2.57 bits per heavy atom. The van der Waals surface area contributed by atoms with Gasteiger partial charge < -0.3 is 9.84 Å². The third-order valence-electron chi connectivity index (χ3n) is 3.10. The lowest BCUT2D eigenvalue weighted by molar-refractivity contribution is 0.0697. The van der Waals surface area contributed by atoms with Crippen molar-refractivity contribution in [2.24, 2.45) is 0 Å². The molecule has 0 saturated carbocycles. The number of carboxylic acids is 1. The van der Waals surface area contributed by atoms with Crippen molar-refractivity contribution in [3.8, 4) is 5.75 Å². The summed E-state index contributed by atoms with van der Waals surface area (Å²) in [5.41, 5.74) is 1.18. The molecule has 6 heteroatoms. The first kappa shape index (κ1) is 17.5. The van der Waals surface area contributed by atoms with Crippen LogP contribution < -0.4 is 4.74 Å². The van der Waals surface area contributed by atoms with Crippen molar-refractivity contribution in [3.05, 3.63) is 64.7 Å². The lowest BCUT2D eigenvalue weighted by atomic mass is 10.2. The third-order valence-corrected chi connectivity index (χ3v) is 4.74. The van der Waals surface area contributed by atoms with Gasteiger partial charge in [-0.15, -0.1) is 0 Å². The van der Waals surface area contributed by atoms with E-state index >= 15 is 0 Å². The van der Waals surface area contributed by atoms with Crippen molar-refractivity contribution in [1.29, 1.82) is 0 Å². The van der Waals surface area contributed by atoms with Crippen LogP contribution in [-0.2, 0) is 16.6 Å². The third kappa shape index (κ3) is 6.04. The molecule has 0 aliphatic carbocycles. The van der Waals surface area contributed by atoms with Gasteiger partial charge in [0.2, 0.25) is 0 Å². The van der Waals surface area contributed by atoms with Crippen LogP contribution in [0.25, 0.3) is 0 Å². The number of ether oxygens (including phenoxy) is 1. The predicted molar refractivity (Wildman–Crippen MR) is 91.7 cm³/mol.